The van der Waals surface area contributed by atoms with Gasteiger partial charge in [-0.05, 0) is 24.7 Å². The SMILES string of the molecule is CCC([S-])CP(c1ccccc1)c1ccccc1. The molecule has 0 aliphatic rings. The predicted molar refractivity (Wildman–Crippen MR) is 85.4 cm³/mol. The first-order chi connectivity index (χ1) is 8.81. The summed E-state index contributed by atoms with van der Waals surface area (Å²) in [6.45, 7) is 2.18. The zero-order valence-electron chi connectivity index (χ0n) is 10.6. The molecule has 0 bridgehead atoms. The summed E-state index contributed by atoms with van der Waals surface area (Å²) in [5, 5.41) is 3.24. The minimum Gasteiger partial charge on any atom is -0.789 e. The Balaban J connectivity index is 2.29. The first kappa shape index (κ1) is 13.6. The van der Waals surface area contributed by atoms with Crippen molar-refractivity contribution in [3.8, 4) is 0 Å². The molecule has 2 rings (SSSR count). The zero-order chi connectivity index (χ0) is 12.8. The molecule has 0 fully saturated rings. The van der Waals surface area contributed by atoms with E-state index in [0.717, 1.165) is 12.6 Å². The highest BCUT2D eigenvalue weighted by atomic mass is 32.1. The third-order valence-corrected chi connectivity index (χ3v) is 6.37. The highest BCUT2D eigenvalue weighted by molar-refractivity contribution is 7.74. The predicted octanol–water partition coefficient (Wildman–Crippen LogP) is 3.44. The number of benzene rings is 2. The van der Waals surface area contributed by atoms with Gasteiger partial charge < -0.3 is 12.6 Å². The van der Waals surface area contributed by atoms with Crippen LogP contribution in [0.25, 0.3) is 0 Å². The standard InChI is InChI=1S/C16H19PS/c1-2-16(18)13-17(14-9-5-3-6-10-14)15-11-7-4-8-12-15/h3-12,16,18H,2,13H2,1H3/p-1. The third-order valence-electron chi connectivity index (χ3n) is 2.98. The summed E-state index contributed by atoms with van der Waals surface area (Å²) in [4.78, 5) is 0. The molecular formula is C16H18PS-. The summed E-state index contributed by atoms with van der Waals surface area (Å²) in [7, 11) is -0.300. The second kappa shape index (κ2) is 6.97. The van der Waals surface area contributed by atoms with Crippen LogP contribution in [-0.2, 0) is 12.6 Å². The first-order valence-electron chi connectivity index (χ1n) is 6.34. The second-order valence-corrected chi connectivity index (χ2v) is 7.23. The van der Waals surface area contributed by atoms with Crippen molar-refractivity contribution in [1.82, 2.24) is 0 Å². The van der Waals surface area contributed by atoms with E-state index in [-0.39, 0.29) is 7.92 Å². The van der Waals surface area contributed by atoms with Gasteiger partial charge in [-0.3, -0.25) is 0 Å². The quantitative estimate of drug-likeness (QED) is 0.594. The maximum atomic E-state index is 5.53. The van der Waals surface area contributed by atoms with E-state index in [1.54, 1.807) is 0 Å². The lowest BCUT2D eigenvalue weighted by Gasteiger charge is -2.28. The van der Waals surface area contributed by atoms with Crippen LogP contribution in [0.1, 0.15) is 13.3 Å². The zero-order valence-corrected chi connectivity index (χ0v) is 12.3. The molecule has 0 aliphatic heterocycles. The molecule has 94 valence electrons. The van der Waals surface area contributed by atoms with Gasteiger partial charge in [0.25, 0.3) is 0 Å². The van der Waals surface area contributed by atoms with Gasteiger partial charge in [-0.2, -0.15) is 5.25 Å². The summed E-state index contributed by atoms with van der Waals surface area (Å²) in [6, 6.07) is 21.6. The molecule has 0 aromatic heterocycles. The van der Waals surface area contributed by atoms with Crippen LogP contribution >= 0.6 is 7.92 Å². The Kier molecular flexibility index (Phi) is 5.28. The van der Waals surface area contributed by atoms with E-state index >= 15 is 0 Å². The normalized spacial score (nSPS) is 12.6. The Morgan fingerprint density at radius 2 is 1.33 bits per heavy atom. The van der Waals surface area contributed by atoms with Crippen LogP contribution in [0.3, 0.4) is 0 Å². The minimum absolute atomic E-state index is 0.300. The molecule has 0 heterocycles. The van der Waals surface area contributed by atoms with E-state index in [0.29, 0.717) is 5.25 Å². The molecule has 2 heteroatoms. The Bertz CT molecular complexity index is 416. The van der Waals surface area contributed by atoms with Crippen LogP contribution < -0.4 is 10.6 Å². The highest BCUT2D eigenvalue weighted by Gasteiger charge is 2.13. The van der Waals surface area contributed by atoms with E-state index in [2.05, 4.69) is 67.6 Å². The summed E-state index contributed by atoms with van der Waals surface area (Å²) in [6.07, 6.45) is 2.18. The lowest BCUT2D eigenvalue weighted by atomic mass is 10.4. The van der Waals surface area contributed by atoms with Gasteiger partial charge in [0, 0.05) is 0 Å². The molecule has 0 saturated heterocycles. The lowest BCUT2D eigenvalue weighted by molar-refractivity contribution is 0.919. The van der Waals surface area contributed by atoms with Gasteiger partial charge in [-0.15, -0.1) is 0 Å². The van der Waals surface area contributed by atoms with Crippen LogP contribution in [-0.4, -0.2) is 11.4 Å². The molecule has 1 unspecified atom stereocenters. The summed E-state index contributed by atoms with van der Waals surface area (Å²) < 4.78 is 0. The fraction of sp³-hybridized carbons (Fsp3) is 0.250. The fourth-order valence-corrected chi connectivity index (χ4v) is 4.81. The number of rotatable bonds is 5. The van der Waals surface area contributed by atoms with Gasteiger partial charge in [0.15, 0.2) is 0 Å². The monoisotopic (exact) mass is 273 g/mol. The lowest BCUT2D eigenvalue weighted by Crippen LogP contribution is -2.19. The van der Waals surface area contributed by atoms with Crippen molar-refractivity contribution in [2.45, 2.75) is 18.6 Å². The maximum Gasteiger partial charge on any atom is -0.0196 e. The Labute approximate surface area is 117 Å². The van der Waals surface area contributed by atoms with E-state index in [4.69, 9.17) is 12.6 Å². The van der Waals surface area contributed by atoms with Crippen molar-refractivity contribution in [3.63, 3.8) is 0 Å². The molecule has 0 aliphatic carbocycles. The average Bonchev–Trinajstić information content (AvgIpc) is 2.46. The number of hydrogen-bond acceptors (Lipinski definition) is 1. The summed E-state index contributed by atoms with van der Waals surface area (Å²) >= 11 is 5.53. The summed E-state index contributed by atoms with van der Waals surface area (Å²) in [5.41, 5.74) is 0. The molecule has 0 radical (unpaired) electrons. The molecule has 2 aromatic rings. The highest BCUT2D eigenvalue weighted by Crippen LogP contribution is 2.34. The molecule has 0 spiro atoms. The van der Waals surface area contributed by atoms with Gasteiger partial charge in [-0.25, -0.2) is 0 Å². The molecule has 0 saturated carbocycles. The van der Waals surface area contributed by atoms with Gasteiger partial charge in [0.1, 0.15) is 0 Å². The second-order valence-electron chi connectivity index (χ2n) is 4.31. The van der Waals surface area contributed by atoms with E-state index in [9.17, 15) is 0 Å². The molecule has 0 amide bonds. The van der Waals surface area contributed by atoms with Gasteiger partial charge in [0.05, 0.1) is 0 Å². The fourth-order valence-electron chi connectivity index (χ4n) is 1.91. The van der Waals surface area contributed by atoms with Crippen molar-refractivity contribution in [1.29, 1.82) is 0 Å². The van der Waals surface area contributed by atoms with Crippen LogP contribution in [0.15, 0.2) is 60.7 Å². The minimum atomic E-state index is -0.300. The third kappa shape index (κ3) is 3.60. The molecule has 2 aromatic carbocycles. The van der Waals surface area contributed by atoms with Crippen LogP contribution in [0, 0.1) is 0 Å². The van der Waals surface area contributed by atoms with Gasteiger partial charge in [-0.1, -0.05) is 74.0 Å². The number of hydrogen-bond donors (Lipinski definition) is 0. The maximum absolute atomic E-state index is 5.53. The molecule has 0 N–H and O–H groups in total. The molecule has 18 heavy (non-hydrogen) atoms. The first-order valence-corrected chi connectivity index (χ1v) is 8.34. The van der Waals surface area contributed by atoms with Crippen LogP contribution in [0.5, 0.6) is 0 Å². The van der Waals surface area contributed by atoms with Crippen molar-refractivity contribution < 1.29 is 0 Å². The molecular weight excluding hydrogens is 255 g/mol. The van der Waals surface area contributed by atoms with Crippen molar-refractivity contribution in [2.75, 3.05) is 6.16 Å². The Hall–Kier alpha value is -0.780. The van der Waals surface area contributed by atoms with E-state index in [1.165, 1.54) is 10.6 Å². The Morgan fingerprint density at radius 3 is 1.72 bits per heavy atom. The Morgan fingerprint density at radius 1 is 0.889 bits per heavy atom. The smallest absolute Gasteiger partial charge is 0.0196 e. The van der Waals surface area contributed by atoms with Crippen molar-refractivity contribution >= 4 is 31.2 Å². The van der Waals surface area contributed by atoms with Crippen molar-refractivity contribution in [2.24, 2.45) is 0 Å². The van der Waals surface area contributed by atoms with Crippen molar-refractivity contribution in [3.05, 3.63) is 60.7 Å². The van der Waals surface area contributed by atoms with Gasteiger partial charge in [0.2, 0.25) is 0 Å². The van der Waals surface area contributed by atoms with Crippen LogP contribution in [0.2, 0.25) is 0 Å². The average molecular weight is 273 g/mol. The van der Waals surface area contributed by atoms with Gasteiger partial charge >= 0.3 is 0 Å². The molecule has 1 atom stereocenters. The summed E-state index contributed by atoms with van der Waals surface area (Å²) in [5.74, 6) is 0. The largest absolute Gasteiger partial charge is 0.789 e. The van der Waals surface area contributed by atoms with E-state index in [1.807, 2.05) is 0 Å². The molecule has 0 nitrogen and oxygen atoms in total. The topological polar surface area (TPSA) is 0 Å². The van der Waals surface area contributed by atoms with E-state index < -0.39 is 0 Å². The van der Waals surface area contributed by atoms with Crippen LogP contribution in [0.4, 0.5) is 0 Å².